The van der Waals surface area contributed by atoms with Crippen LogP contribution in [0.25, 0.3) is 0 Å². The third-order valence-electron chi connectivity index (χ3n) is 5.88. The van der Waals surface area contributed by atoms with Gasteiger partial charge >= 0.3 is 0 Å². The lowest BCUT2D eigenvalue weighted by atomic mass is 10.1. The van der Waals surface area contributed by atoms with Gasteiger partial charge in [-0.15, -0.1) is 0 Å². The zero-order chi connectivity index (χ0) is 26.3. The summed E-state index contributed by atoms with van der Waals surface area (Å²) in [5, 5.41) is 2.91. The number of aryl methyl sites for hydroxylation is 1. The van der Waals surface area contributed by atoms with E-state index in [0.717, 1.165) is 15.4 Å². The minimum Gasteiger partial charge on any atom is -0.357 e. The fourth-order valence-electron chi connectivity index (χ4n) is 3.78. The predicted octanol–water partition coefficient (Wildman–Crippen LogP) is 4.05. The van der Waals surface area contributed by atoms with E-state index in [4.69, 9.17) is 11.6 Å². The van der Waals surface area contributed by atoms with Crippen molar-refractivity contribution in [3.05, 3.63) is 95.0 Å². The highest BCUT2D eigenvalue weighted by atomic mass is 35.5. The van der Waals surface area contributed by atoms with Crippen LogP contribution in [-0.2, 0) is 26.0 Å². The van der Waals surface area contributed by atoms with Crippen LogP contribution in [0.2, 0.25) is 5.02 Å². The van der Waals surface area contributed by atoms with Crippen LogP contribution in [0.3, 0.4) is 0 Å². The van der Waals surface area contributed by atoms with Gasteiger partial charge in [0.05, 0.1) is 10.6 Å². The van der Waals surface area contributed by atoms with Crippen LogP contribution < -0.4 is 9.62 Å². The fraction of sp³-hybridized carbons (Fsp3) is 0.259. The van der Waals surface area contributed by atoms with Gasteiger partial charge in [0, 0.05) is 18.6 Å². The van der Waals surface area contributed by atoms with E-state index < -0.39 is 28.5 Å². The molecule has 3 aromatic carbocycles. The molecule has 3 aromatic rings. The molecule has 0 heterocycles. The van der Waals surface area contributed by atoms with Crippen LogP contribution in [0.15, 0.2) is 83.8 Å². The Balaban J connectivity index is 1.97. The fourth-order valence-corrected chi connectivity index (χ4v) is 5.37. The first-order chi connectivity index (χ1) is 17.1. The zero-order valence-electron chi connectivity index (χ0n) is 20.5. The number of benzene rings is 3. The summed E-state index contributed by atoms with van der Waals surface area (Å²) in [5.74, 6) is -0.843. The highest BCUT2D eigenvalue weighted by molar-refractivity contribution is 7.92. The Morgan fingerprint density at radius 3 is 2.25 bits per heavy atom. The Kier molecular flexibility index (Phi) is 9.12. The summed E-state index contributed by atoms with van der Waals surface area (Å²) in [6.07, 6.45) is 0.510. The van der Waals surface area contributed by atoms with Crippen LogP contribution in [0, 0.1) is 6.92 Å². The van der Waals surface area contributed by atoms with Gasteiger partial charge in [-0.25, -0.2) is 8.42 Å². The summed E-state index contributed by atoms with van der Waals surface area (Å²) in [6.45, 7) is 3.23. The van der Waals surface area contributed by atoms with Gasteiger partial charge in [0.25, 0.3) is 10.0 Å². The Hall–Kier alpha value is -3.36. The Bertz CT molecular complexity index is 1300. The number of nitrogens with zero attached hydrogens (tertiary/aromatic N) is 2. The lowest BCUT2D eigenvalue weighted by Crippen LogP contribution is -2.51. The first-order valence-corrected chi connectivity index (χ1v) is 13.3. The number of sulfonamides is 1. The summed E-state index contributed by atoms with van der Waals surface area (Å²) < 4.78 is 28.4. The number of carbonyl (C=O) groups is 2. The number of likely N-dealkylation sites (N-methyl/N-ethyl adjacent to an activating group) is 1. The van der Waals surface area contributed by atoms with E-state index in [2.05, 4.69) is 5.32 Å². The third kappa shape index (κ3) is 6.65. The van der Waals surface area contributed by atoms with Crippen molar-refractivity contribution in [1.29, 1.82) is 0 Å². The molecule has 0 saturated heterocycles. The highest BCUT2D eigenvalue weighted by Gasteiger charge is 2.32. The Morgan fingerprint density at radius 2 is 1.64 bits per heavy atom. The van der Waals surface area contributed by atoms with E-state index in [1.54, 1.807) is 37.3 Å². The molecule has 190 valence electrons. The van der Waals surface area contributed by atoms with Gasteiger partial charge in [-0.1, -0.05) is 65.7 Å². The second kappa shape index (κ2) is 12.1. The number of nitrogens with one attached hydrogen (secondary N) is 1. The largest absolute Gasteiger partial charge is 0.357 e. The normalized spacial score (nSPS) is 12.0. The van der Waals surface area contributed by atoms with Gasteiger partial charge in [-0.05, 0) is 56.2 Å². The SMILES string of the molecule is CNC(=O)[C@@H](C)N(CCc1ccccc1)C(=O)CN(c1cccc(Cl)c1)S(=O)(=O)c1ccc(C)cc1. The standard InChI is InChI=1S/C27H30ClN3O4S/c1-20-12-14-25(15-13-20)36(34,35)31(24-11-7-10-23(28)18-24)19-26(32)30(21(2)27(33)29-3)17-16-22-8-5-4-6-9-22/h4-15,18,21H,16-17,19H2,1-3H3,(H,29,33)/t21-/m1/s1. The van der Waals surface area contributed by atoms with Crippen molar-refractivity contribution in [1.82, 2.24) is 10.2 Å². The second-order valence-corrected chi connectivity index (χ2v) is 10.7. The molecule has 9 heteroatoms. The topological polar surface area (TPSA) is 86.8 Å². The van der Waals surface area contributed by atoms with Crippen molar-refractivity contribution in [2.75, 3.05) is 24.4 Å². The van der Waals surface area contributed by atoms with Gasteiger partial charge in [-0.3, -0.25) is 13.9 Å². The molecule has 0 unspecified atom stereocenters. The average molecular weight is 528 g/mol. The summed E-state index contributed by atoms with van der Waals surface area (Å²) in [6, 6.07) is 21.5. The average Bonchev–Trinajstić information content (AvgIpc) is 2.87. The van der Waals surface area contributed by atoms with Gasteiger partial charge < -0.3 is 10.2 Å². The number of anilines is 1. The molecule has 1 atom stereocenters. The first kappa shape index (κ1) is 27.2. The molecule has 36 heavy (non-hydrogen) atoms. The maximum absolute atomic E-state index is 13.7. The van der Waals surface area contributed by atoms with Gasteiger partial charge in [0.1, 0.15) is 12.6 Å². The van der Waals surface area contributed by atoms with E-state index in [-0.39, 0.29) is 23.0 Å². The summed E-state index contributed by atoms with van der Waals surface area (Å²) in [4.78, 5) is 27.6. The van der Waals surface area contributed by atoms with Gasteiger partial charge in [0.15, 0.2) is 0 Å². The number of hydrogen-bond acceptors (Lipinski definition) is 4. The molecule has 0 aliphatic rings. The summed E-state index contributed by atoms with van der Waals surface area (Å²) >= 11 is 6.16. The number of halogens is 1. The molecule has 1 N–H and O–H groups in total. The molecule has 0 fully saturated rings. The van der Waals surface area contributed by atoms with Crippen molar-refractivity contribution >= 4 is 39.1 Å². The van der Waals surface area contributed by atoms with E-state index in [9.17, 15) is 18.0 Å². The van der Waals surface area contributed by atoms with Crippen LogP contribution in [0.4, 0.5) is 5.69 Å². The number of hydrogen-bond donors (Lipinski definition) is 1. The minimum absolute atomic E-state index is 0.0519. The van der Waals surface area contributed by atoms with Crippen LogP contribution in [0.1, 0.15) is 18.1 Å². The van der Waals surface area contributed by atoms with Crippen molar-refractivity contribution < 1.29 is 18.0 Å². The molecule has 0 aliphatic carbocycles. The van der Waals surface area contributed by atoms with Crippen molar-refractivity contribution in [3.63, 3.8) is 0 Å². The number of amides is 2. The molecule has 0 saturated carbocycles. The van der Waals surface area contributed by atoms with Gasteiger partial charge in [-0.2, -0.15) is 0 Å². The van der Waals surface area contributed by atoms with Crippen LogP contribution in [0.5, 0.6) is 0 Å². The molecular weight excluding hydrogens is 498 g/mol. The minimum atomic E-state index is -4.11. The summed E-state index contributed by atoms with van der Waals surface area (Å²) in [7, 11) is -2.61. The molecule has 0 aliphatic heterocycles. The molecule has 2 amide bonds. The molecule has 0 bridgehead atoms. The quantitative estimate of drug-likeness (QED) is 0.431. The molecule has 0 aromatic heterocycles. The third-order valence-corrected chi connectivity index (χ3v) is 7.91. The molecule has 0 spiro atoms. The van der Waals surface area contributed by atoms with E-state index in [1.807, 2.05) is 37.3 Å². The van der Waals surface area contributed by atoms with Crippen LogP contribution >= 0.6 is 11.6 Å². The molecule has 0 radical (unpaired) electrons. The number of carbonyl (C=O) groups excluding carboxylic acids is 2. The van der Waals surface area contributed by atoms with E-state index in [0.29, 0.717) is 11.4 Å². The molecule has 7 nitrogen and oxygen atoms in total. The Morgan fingerprint density at radius 1 is 0.972 bits per heavy atom. The maximum Gasteiger partial charge on any atom is 0.264 e. The van der Waals surface area contributed by atoms with Crippen molar-refractivity contribution in [2.45, 2.75) is 31.2 Å². The monoisotopic (exact) mass is 527 g/mol. The van der Waals surface area contributed by atoms with E-state index >= 15 is 0 Å². The second-order valence-electron chi connectivity index (χ2n) is 8.42. The lowest BCUT2D eigenvalue weighted by Gasteiger charge is -2.31. The summed E-state index contributed by atoms with van der Waals surface area (Å²) in [5.41, 5.74) is 2.16. The zero-order valence-corrected chi connectivity index (χ0v) is 22.1. The number of rotatable bonds is 10. The van der Waals surface area contributed by atoms with Crippen molar-refractivity contribution in [2.24, 2.45) is 0 Å². The first-order valence-electron chi connectivity index (χ1n) is 11.5. The molecule has 3 rings (SSSR count). The van der Waals surface area contributed by atoms with Crippen LogP contribution in [-0.4, -0.2) is 51.3 Å². The van der Waals surface area contributed by atoms with Gasteiger partial charge in [0.2, 0.25) is 11.8 Å². The highest BCUT2D eigenvalue weighted by Crippen LogP contribution is 2.27. The van der Waals surface area contributed by atoms with Crippen molar-refractivity contribution in [3.8, 4) is 0 Å². The lowest BCUT2D eigenvalue weighted by molar-refractivity contribution is -0.138. The van der Waals surface area contributed by atoms with E-state index in [1.165, 1.54) is 30.1 Å². The maximum atomic E-state index is 13.7. The predicted molar refractivity (Wildman–Crippen MR) is 143 cm³/mol. The smallest absolute Gasteiger partial charge is 0.264 e. The molecular formula is C27H30ClN3O4S. The Labute approximate surface area is 217 Å².